The van der Waals surface area contributed by atoms with Crippen molar-refractivity contribution in [2.45, 2.75) is 6.92 Å². The molecule has 0 spiro atoms. The Hall–Kier alpha value is -2.69. The lowest BCUT2D eigenvalue weighted by atomic mass is 10.2. The predicted octanol–water partition coefficient (Wildman–Crippen LogP) is 2.82. The first kappa shape index (κ1) is 16.7. The molecular formula is C18H21NO4. The molecule has 1 N–H and O–H groups in total. The van der Waals surface area contributed by atoms with E-state index < -0.39 is 0 Å². The van der Waals surface area contributed by atoms with Gasteiger partial charge >= 0.3 is 0 Å². The smallest absolute Gasteiger partial charge is 0.251 e. The van der Waals surface area contributed by atoms with Gasteiger partial charge in [-0.2, -0.15) is 0 Å². The maximum Gasteiger partial charge on any atom is 0.251 e. The van der Waals surface area contributed by atoms with E-state index in [-0.39, 0.29) is 5.91 Å². The quantitative estimate of drug-likeness (QED) is 0.798. The van der Waals surface area contributed by atoms with E-state index in [4.69, 9.17) is 14.2 Å². The van der Waals surface area contributed by atoms with Crippen LogP contribution in [-0.4, -0.2) is 33.3 Å². The summed E-state index contributed by atoms with van der Waals surface area (Å²) in [5.41, 5.74) is 1.66. The Morgan fingerprint density at radius 1 is 0.957 bits per heavy atom. The van der Waals surface area contributed by atoms with Gasteiger partial charge in [0.1, 0.15) is 23.9 Å². The van der Waals surface area contributed by atoms with Crippen LogP contribution in [0.3, 0.4) is 0 Å². The Morgan fingerprint density at radius 3 is 2.13 bits per heavy atom. The number of nitrogens with one attached hydrogen (secondary N) is 1. The molecule has 23 heavy (non-hydrogen) atoms. The molecule has 2 aromatic rings. The minimum Gasteiger partial charge on any atom is -0.497 e. The molecule has 0 atom stereocenters. The molecule has 0 heterocycles. The highest BCUT2D eigenvalue weighted by atomic mass is 16.5. The standard InChI is InChI=1S/C18H21NO4/c1-13-4-6-15(7-5-13)23-9-8-19-18(20)14-10-16(21-2)12-17(11-14)22-3/h4-7,10-12H,8-9H2,1-3H3,(H,19,20). The molecule has 0 aliphatic heterocycles. The van der Waals surface area contributed by atoms with Gasteiger partial charge in [-0.15, -0.1) is 0 Å². The number of hydrogen-bond donors (Lipinski definition) is 1. The summed E-state index contributed by atoms with van der Waals surface area (Å²) >= 11 is 0. The van der Waals surface area contributed by atoms with Crippen LogP contribution >= 0.6 is 0 Å². The summed E-state index contributed by atoms with van der Waals surface area (Å²) in [7, 11) is 3.09. The Morgan fingerprint density at radius 2 is 1.57 bits per heavy atom. The molecule has 2 rings (SSSR count). The fourth-order valence-electron chi connectivity index (χ4n) is 2.01. The van der Waals surface area contributed by atoms with Crippen molar-refractivity contribution in [3.8, 4) is 17.2 Å². The highest BCUT2D eigenvalue weighted by Crippen LogP contribution is 2.22. The number of amides is 1. The third-order valence-electron chi connectivity index (χ3n) is 3.29. The van der Waals surface area contributed by atoms with Crippen LogP contribution in [0.5, 0.6) is 17.2 Å². The third-order valence-corrected chi connectivity index (χ3v) is 3.29. The lowest BCUT2D eigenvalue weighted by Crippen LogP contribution is -2.28. The van der Waals surface area contributed by atoms with E-state index in [1.54, 1.807) is 32.4 Å². The lowest BCUT2D eigenvalue weighted by molar-refractivity contribution is 0.0946. The molecule has 0 radical (unpaired) electrons. The number of aryl methyl sites for hydroxylation is 1. The first-order chi connectivity index (χ1) is 11.1. The average molecular weight is 315 g/mol. The second kappa shape index (κ2) is 8.08. The molecular weight excluding hydrogens is 294 g/mol. The van der Waals surface area contributed by atoms with Crippen LogP contribution in [0.2, 0.25) is 0 Å². The minimum absolute atomic E-state index is 0.199. The van der Waals surface area contributed by atoms with Gasteiger partial charge in [-0.1, -0.05) is 17.7 Å². The van der Waals surface area contributed by atoms with Crippen LogP contribution < -0.4 is 19.5 Å². The van der Waals surface area contributed by atoms with Crippen LogP contribution in [0.1, 0.15) is 15.9 Å². The van der Waals surface area contributed by atoms with Gasteiger partial charge < -0.3 is 19.5 Å². The highest BCUT2D eigenvalue weighted by molar-refractivity contribution is 5.95. The zero-order valence-electron chi connectivity index (χ0n) is 13.6. The molecule has 0 unspecified atom stereocenters. The Labute approximate surface area is 136 Å². The number of rotatable bonds is 7. The van der Waals surface area contributed by atoms with Crippen LogP contribution in [0, 0.1) is 6.92 Å². The normalized spacial score (nSPS) is 10.0. The molecule has 1 amide bonds. The van der Waals surface area contributed by atoms with Crippen LogP contribution in [-0.2, 0) is 0 Å². The molecule has 0 aliphatic rings. The van der Waals surface area contributed by atoms with E-state index in [1.807, 2.05) is 31.2 Å². The third kappa shape index (κ3) is 4.92. The number of carbonyl (C=O) groups is 1. The molecule has 5 heteroatoms. The SMILES string of the molecule is COc1cc(OC)cc(C(=O)NCCOc2ccc(C)cc2)c1. The van der Waals surface area contributed by atoms with E-state index in [2.05, 4.69) is 5.32 Å². The molecule has 0 aliphatic carbocycles. The van der Waals surface area contributed by atoms with Crippen molar-refractivity contribution >= 4 is 5.91 Å². The number of carbonyl (C=O) groups excluding carboxylic acids is 1. The second-order valence-electron chi connectivity index (χ2n) is 5.02. The van der Waals surface area contributed by atoms with E-state index in [1.165, 1.54) is 5.56 Å². The largest absolute Gasteiger partial charge is 0.497 e. The van der Waals surface area contributed by atoms with Crippen molar-refractivity contribution in [1.29, 1.82) is 0 Å². The number of benzene rings is 2. The average Bonchev–Trinajstić information content (AvgIpc) is 2.59. The van der Waals surface area contributed by atoms with Crippen molar-refractivity contribution < 1.29 is 19.0 Å². The highest BCUT2D eigenvalue weighted by Gasteiger charge is 2.09. The van der Waals surface area contributed by atoms with Gasteiger partial charge in [0.25, 0.3) is 5.91 Å². The van der Waals surface area contributed by atoms with Gasteiger partial charge in [0.2, 0.25) is 0 Å². The van der Waals surface area contributed by atoms with Gasteiger partial charge in [0.05, 0.1) is 20.8 Å². The summed E-state index contributed by atoms with van der Waals surface area (Å²) < 4.78 is 15.9. The Kier molecular flexibility index (Phi) is 5.86. The molecule has 0 bridgehead atoms. The van der Waals surface area contributed by atoms with Crippen LogP contribution in [0.25, 0.3) is 0 Å². The summed E-state index contributed by atoms with van der Waals surface area (Å²) in [6.07, 6.45) is 0. The van der Waals surface area contributed by atoms with Crippen molar-refractivity contribution in [3.63, 3.8) is 0 Å². The van der Waals surface area contributed by atoms with E-state index >= 15 is 0 Å². The topological polar surface area (TPSA) is 56.8 Å². The van der Waals surface area contributed by atoms with Gasteiger partial charge in [-0.25, -0.2) is 0 Å². The molecule has 0 saturated carbocycles. The van der Waals surface area contributed by atoms with Crippen molar-refractivity contribution in [2.75, 3.05) is 27.4 Å². The maximum absolute atomic E-state index is 12.2. The van der Waals surface area contributed by atoms with Gasteiger partial charge in [-0.05, 0) is 31.2 Å². The lowest BCUT2D eigenvalue weighted by Gasteiger charge is -2.10. The van der Waals surface area contributed by atoms with Gasteiger partial charge in [-0.3, -0.25) is 4.79 Å². The summed E-state index contributed by atoms with van der Waals surface area (Å²) in [6, 6.07) is 12.8. The summed E-state index contributed by atoms with van der Waals surface area (Å²) in [6.45, 7) is 2.83. The fourth-order valence-corrected chi connectivity index (χ4v) is 2.01. The predicted molar refractivity (Wildman–Crippen MR) is 88.6 cm³/mol. The zero-order chi connectivity index (χ0) is 16.7. The second-order valence-corrected chi connectivity index (χ2v) is 5.02. The molecule has 2 aromatic carbocycles. The maximum atomic E-state index is 12.2. The van der Waals surface area contributed by atoms with Crippen molar-refractivity contribution in [1.82, 2.24) is 5.32 Å². The minimum atomic E-state index is -0.199. The first-order valence-corrected chi connectivity index (χ1v) is 7.33. The molecule has 5 nitrogen and oxygen atoms in total. The summed E-state index contributed by atoms with van der Waals surface area (Å²) in [5.74, 6) is 1.73. The Bertz CT molecular complexity index is 630. The van der Waals surface area contributed by atoms with Gasteiger partial charge in [0, 0.05) is 11.6 Å². The van der Waals surface area contributed by atoms with Crippen LogP contribution in [0.15, 0.2) is 42.5 Å². The van der Waals surface area contributed by atoms with E-state index in [9.17, 15) is 4.79 Å². The van der Waals surface area contributed by atoms with Crippen molar-refractivity contribution in [3.05, 3.63) is 53.6 Å². The number of hydrogen-bond acceptors (Lipinski definition) is 4. The van der Waals surface area contributed by atoms with Crippen LogP contribution in [0.4, 0.5) is 0 Å². The number of ether oxygens (including phenoxy) is 3. The molecule has 0 saturated heterocycles. The van der Waals surface area contributed by atoms with Crippen molar-refractivity contribution in [2.24, 2.45) is 0 Å². The first-order valence-electron chi connectivity index (χ1n) is 7.33. The molecule has 0 fully saturated rings. The molecule has 0 aromatic heterocycles. The molecule has 122 valence electrons. The Balaban J connectivity index is 1.86. The van der Waals surface area contributed by atoms with E-state index in [0.29, 0.717) is 30.2 Å². The summed E-state index contributed by atoms with van der Waals surface area (Å²) in [5, 5.41) is 2.81. The van der Waals surface area contributed by atoms with E-state index in [0.717, 1.165) is 5.75 Å². The van der Waals surface area contributed by atoms with Gasteiger partial charge in [0.15, 0.2) is 0 Å². The summed E-state index contributed by atoms with van der Waals surface area (Å²) in [4.78, 5) is 12.2. The number of methoxy groups -OCH3 is 2. The fraction of sp³-hybridized carbons (Fsp3) is 0.278. The monoisotopic (exact) mass is 315 g/mol. The zero-order valence-corrected chi connectivity index (χ0v) is 13.6.